The van der Waals surface area contributed by atoms with Gasteiger partial charge in [-0.05, 0) is 23.3 Å². The lowest BCUT2D eigenvalue weighted by molar-refractivity contribution is 0.358. The van der Waals surface area contributed by atoms with Crippen LogP contribution in [0.4, 0.5) is 0 Å². The molecule has 142 valence electrons. The van der Waals surface area contributed by atoms with E-state index in [0.717, 1.165) is 33.8 Å². The predicted molar refractivity (Wildman–Crippen MR) is 104 cm³/mol. The Bertz CT molecular complexity index is 1120. The monoisotopic (exact) mass is 376 g/mol. The van der Waals surface area contributed by atoms with Gasteiger partial charge in [0.25, 0.3) is 0 Å². The van der Waals surface area contributed by atoms with Crippen LogP contribution in [0.5, 0.6) is 28.7 Å². The number of aromatic hydroxyl groups is 2. The first-order valence-corrected chi connectivity index (χ1v) is 9.08. The molecular weight excluding hydrogens is 356 g/mol. The van der Waals surface area contributed by atoms with Gasteiger partial charge >= 0.3 is 0 Å². The highest BCUT2D eigenvalue weighted by molar-refractivity contribution is 5.78. The van der Waals surface area contributed by atoms with Crippen LogP contribution in [0, 0.1) is 0 Å². The second-order valence-electron chi connectivity index (χ2n) is 7.07. The van der Waals surface area contributed by atoms with Crippen LogP contribution in [-0.2, 0) is 0 Å². The van der Waals surface area contributed by atoms with Gasteiger partial charge in [-0.1, -0.05) is 24.3 Å². The van der Waals surface area contributed by atoms with Gasteiger partial charge in [-0.3, -0.25) is 0 Å². The first-order valence-electron chi connectivity index (χ1n) is 9.08. The zero-order chi connectivity index (χ0) is 19.6. The number of hydrogen-bond donors (Lipinski definition) is 2. The van der Waals surface area contributed by atoms with E-state index in [2.05, 4.69) is 12.1 Å². The molecule has 0 saturated heterocycles. The summed E-state index contributed by atoms with van der Waals surface area (Å²) in [6.45, 7) is 0. The molecule has 0 spiro atoms. The molecule has 5 heteroatoms. The second-order valence-corrected chi connectivity index (χ2v) is 7.07. The highest BCUT2D eigenvalue weighted by atomic mass is 16.5. The van der Waals surface area contributed by atoms with Crippen molar-refractivity contribution in [2.24, 2.45) is 0 Å². The third-order valence-electron chi connectivity index (χ3n) is 5.96. The van der Waals surface area contributed by atoms with E-state index in [1.807, 2.05) is 24.3 Å². The molecular formula is C23H20O5. The summed E-state index contributed by atoms with van der Waals surface area (Å²) in [6, 6.07) is 13.4. The van der Waals surface area contributed by atoms with Gasteiger partial charge in [0.05, 0.1) is 21.3 Å². The maximum absolute atomic E-state index is 11.0. The van der Waals surface area contributed by atoms with Crippen LogP contribution in [0.15, 0.2) is 42.5 Å². The number of methoxy groups -OCH3 is 3. The molecule has 3 aliphatic rings. The Balaban J connectivity index is 1.96. The van der Waals surface area contributed by atoms with Gasteiger partial charge in [0.2, 0.25) is 0 Å². The molecule has 2 N–H and O–H groups in total. The van der Waals surface area contributed by atoms with E-state index >= 15 is 0 Å². The summed E-state index contributed by atoms with van der Waals surface area (Å²) in [5.74, 6) is 1.31. The quantitative estimate of drug-likeness (QED) is 0.464. The average molecular weight is 376 g/mol. The van der Waals surface area contributed by atoms with Crippen LogP contribution >= 0.6 is 0 Å². The van der Waals surface area contributed by atoms with E-state index in [4.69, 9.17) is 14.2 Å². The van der Waals surface area contributed by atoms with Crippen LogP contribution in [0.1, 0.15) is 45.2 Å². The first kappa shape index (κ1) is 16.8. The van der Waals surface area contributed by atoms with Crippen molar-refractivity contribution in [3.8, 4) is 28.7 Å². The molecule has 0 saturated carbocycles. The van der Waals surface area contributed by atoms with Crippen molar-refractivity contribution >= 4 is 0 Å². The van der Waals surface area contributed by atoms with E-state index in [0.29, 0.717) is 11.1 Å². The van der Waals surface area contributed by atoms with Gasteiger partial charge in [0.1, 0.15) is 17.2 Å². The predicted octanol–water partition coefficient (Wildman–Crippen LogP) is 4.11. The molecule has 0 heterocycles. The van der Waals surface area contributed by atoms with Crippen LogP contribution in [-0.4, -0.2) is 31.5 Å². The molecule has 5 nitrogen and oxygen atoms in total. The summed E-state index contributed by atoms with van der Waals surface area (Å²) in [5.41, 5.74) is 5.47. The Kier molecular flexibility index (Phi) is 3.50. The third-order valence-corrected chi connectivity index (χ3v) is 5.96. The fourth-order valence-electron chi connectivity index (χ4n) is 4.92. The van der Waals surface area contributed by atoms with Crippen molar-refractivity contribution in [2.75, 3.05) is 21.3 Å². The Hall–Kier alpha value is -3.34. The summed E-state index contributed by atoms with van der Waals surface area (Å²) < 4.78 is 16.7. The van der Waals surface area contributed by atoms with Crippen LogP contribution in [0.2, 0.25) is 0 Å². The molecule has 2 bridgehead atoms. The molecule has 0 fully saturated rings. The maximum atomic E-state index is 11.0. The molecule has 6 rings (SSSR count). The van der Waals surface area contributed by atoms with Crippen molar-refractivity contribution in [1.29, 1.82) is 0 Å². The molecule has 2 unspecified atom stereocenters. The molecule has 0 amide bonds. The van der Waals surface area contributed by atoms with Gasteiger partial charge in [0.15, 0.2) is 11.5 Å². The summed E-state index contributed by atoms with van der Waals surface area (Å²) in [5, 5.41) is 21.9. The second kappa shape index (κ2) is 5.83. The summed E-state index contributed by atoms with van der Waals surface area (Å²) >= 11 is 0. The zero-order valence-electron chi connectivity index (χ0n) is 15.8. The lowest BCUT2D eigenvalue weighted by atomic mass is 9.60. The minimum absolute atomic E-state index is 0.0512. The lowest BCUT2D eigenvalue weighted by Crippen LogP contribution is -2.29. The van der Waals surface area contributed by atoms with E-state index in [-0.39, 0.29) is 29.1 Å². The topological polar surface area (TPSA) is 68.2 Å². The molecule has 28 heavy (non-hydrogen) atoms. The number of ether oxygens (including phenoxy) is 3. The van der Waals surface area contributed by atoms with E-state index in [1.165, 1.54) is 13.2 Å². The van der Waals surface area contributed by atoms with E-state index in [9.17, 15) is 10.2 Å². The van der Waals surface area contributed by atoms with Crippen LogP contribution in [0.25, 0.3) is 0 Å². The summed E-state index contributed by atoms with van der Waals surface area (Å²) in [6.07, 6.45) is 0. The van der Waals surface area contributed by atoms with Gasteiger partial charge in [-0.15, -0.1) is 0 Å². The highest BCUT2D eigenvalue weighted by Gasteiger charge is 2.48. The molecule has 2 atom stereocenters. The van der Waals surface area contributed by atoms with Gasteiger partial charge in [0, 0.05) is 40.2 Å². The number of phenols is 2. The zero-order valence-corrected chi connectivity index (χ0v) is 15.8. The minimum atomic E-state index is -0.294. The average Bonchev–Trinajstić information content (AvgIpc) is 2.74. The summed E-state index contributed by atoms with van der Waals surface area (Å²) in [4.78, 5) is 0. The third kappa shape index (κ3) is 1.91. The largest absolute Gasteiger partial charge is 0.507 e. The molecule has 0 aliphatic heterocycles. The van der Waals surface area contributed by atoms with Crippen molar-refractivity contribution < 1.29 is 24.4 Å². The standard InChI is InChI=1S/C23H20O5/c1-26-14-8-9-15(27-2)21-18-12-7-5-4-6-11(12)17(20(14)21)19-13(24)10-16(28-3)23(25)22(18)19/h4-10,17-18,24-25H,1-3H3. The van der Waals surface area contributed by atoms with Crippen molar-refractivity contribution in [3.63, 3.8) is 0 Å². The van der Waals surface area contributed by atoms with E-state index in [1.54, 1.807) is 14.2 Å². The number of benzene rings is 3. The minimum Gasteiger partial charge on any atom is -0.507 e. The molecule has 0 radical (unpaired) electrons. The summed E-state index contributed by atoms with van der Waals surface area (Å²) in [7, 11) is 4.76. The van der Waals surface area contributed by atoms with Crippen molar-refractivity contribution in [2.45, 2.75) is 11.8 Å². The Morgan fingerprint density at radius 1 is 0.643 bits per heavy atom. The van der Waals surface area contributed by atoms with Crippen LogP contribution in [0.3, 0.4) is 0 Å². The molecule has 3 aromatic rings. The normalized spacial score (nSPS) is 18.1. The van der Waals surface area contributed by atoms with Crippen LogP contribution < -0.4 is 14.2 Å². The van der Waals surface area contributed by atoms with Crippen molar-refractivity contribution in [3.05, 3.63) is 75.8 Å². The van der Waals surface area contributed by atoms with E-state index < -0.39 is 0 Å². The lowest BCUT2D eigenvalue weighted by Gasteiger charge is -2.43. The Morgan fingerprint density at radius 2 is 1.14 bits per heavy atom. The Labute approximate surface area is 162 Å². The number of phenolic OH excluding ortho intramolecular Hbond substituents is 2. The first-order chi connectivity index (χ1) is 13.6. The molecule has 3 aromatic carbocycles. The number of rotatable bonds is 3. The fraction of sp³-hybridized carbons (Fsp3) is 0.217. The van der Waals surface area contributed by atoms with Gasteiger partial charge < -0.3 is 24.4 Å². The Morgan fingerprint density at radius 3 is 1.64 bits per heavy atom. The maximum Gasteiger partial charge on any atom is 0.164 e. The fourth-order valence-corrected chi connectivity index (χ4v) is 4.92. The van der Waals surface area contributed by atoms with Crippen molar-refractivity contribution in [1.82, 2.24) is 0 Å². The molecule has 0 aromatic heterocycles. The molecule has 3 aliphatic carbocycles. The highest BCUT2D eigenvalue weighted by Crippen LogP contribution is 2.64. The van der Waals surface area contributed by atoms with Gasteiger partial charge in [-0.2, -0.15) is 0 Å². The SMILES string of the molecule is COc1cc(O)c2c(c1O)C1c3ccccc3C2c2c(OC)ccc(OC)c21. The van der Waals surface area contributed by atoms with Gasteiger partial charge in [-0.25, -0.2) is 0 Å². The number of hydrogen-bond acceptors (Lipinski definition) is 5. The smallest absolute Gasteiger partial charge is 0.164 e.